The summed E-state index contributed by atoms with van der Waals surface area (Å²) in [7, 11) is -4.43. The summed E-state index contributed by atoms with van der Waals surface area (Å²) < 4.78 is 70.2. The SMILES string of the molecule is Cc1cc(C)c(S(=O)(=O)NC(Cn2ccc3ccc(C#N)cc32)C(F)(F)F)c(C)c1. The highest BCUT2D eigenvalue weighted by atomic mass is 32.2. The summed E-state index contributed by atoms with van der Waals surface area (Å²) in [5.41, 5.74) is 2.31. The predicted octanol–water partition coefficient (Wildman–Crippen LogP) is 4.35. The lowest BCUT2D eigenvalue weighted by atomic mass is 10.1. The van der Waals surface area contributed by atoms with Gasteiger partial charge in [-0.15, -0.1) is 0 Å². The minimum atomic E-state index is -4.82. The zero-order valence-corrected chi connectivity index (χ0v) is 17.4. The number of nitriles is 1. The topological polar surface area (TPSA) is 74.9 Å². The van der Waals surface area contributed by atoms with Crippen LogP contribution < -0.4 is 4.72 Å². The van der Waals surface area contributed by atoms with E-state index in [0.717, 1.165) is 5.56 Å². The van der Waals surface area contributed by atoms with Gasteiger partial charge in [0.2, 0.25) is 10.0 Å². The Morgan fingerprint density at radius 1 is 1.10 bits per heavy atom. The first-order valence-corrected chi connectivity index (χ1v) is 10.6. The summed E-state index contributed by atoms with van der Waals surface area (Å²) in [6.07, 6.45) is -3.37. The number of hydrogen-bond acceptors (Lipinski definition) is 3. The fourth-order valence-corrected chi connectivity index (χ4v) is 5.32. The van der Waals surface area contributed by atoms with Gasteiger partial charge in [-0.2, -0.15) is 23.2 Å². The van der Waals surface area contributed by atoms with E-state index in [0.29, 0.717) is 27.6 Å². The first-order valence-electron chi connectivity index (χ1n) is 9.08. The highest BCUT2D eigenvalue weighted by molar-refractivity contribution is 7.89. The van der Waals surface area contributed by atoms with E-state index in [9.17, 15) is 21.6 Å². The Morgan fingerprint density at radius 3 is 2.30 bits per heavy atom. The van der Waals surface area contributed by atoms with Gasteiger partial charge < -0.3 is 4.57 Å². The second-order valence-corrected chi connectivity index (χ2v) is 8.95. The van der Waals surface area contributed by atoms with Crippen LogP contribution in [0.2, 0.25) is 0 Å². The number of benzene rings is 2. The van der Waals surface area contributed by atoms with Crippen molar-refractivity contribution in [3.8, 4) is 6.07 Å². The third-order valence-corrected chi connectivity index (χ3v) is 6.62. The van der Waals surface area contributed by atoms with Gasteiger partial charge in [0.05, 0.1) is 16.5 Å². The maximum atomic E-state index is 13.8. The summed E-state index contributed by atoms with van der Waals surface area (Å²) in [6.45, 7) is 4.24. The lowest BCUT2D eigenvalue weighted by Gasteiger charge is -2.24. The van der Waals surface area contributed by atoms with Crippen LogP contribution in [-0.4, -0.2) is 25.2 Å². The number of alkyl halides is 3. The Labute approximate surface area is 172 Å². The molecule has 0 aliphatic heterocycles. The Bertz CT molecular complexity index is 1230. The molecule has 3 aromatic rings. The molecule has 0 radical (unpaired) electrons. The van der Waals surface area contributed by atoms with E-state index in [1.165, 1.54) is 16.8 Å². The quantitative estimate of drug-likeness (QED) is 0.648. The fourth-order valence-electron chi connectivity index (χ4n) is 3.65. The van der Waals surface area contributed by atoms with Gasteiger partial charge in [-0.25, -0.2) is 8.42 Å². The Morgan fingerprint density at radius 2 is 1.73 bits per heavy atom. The summed E-state index contributed by atoms with van der Waals surface area (Å²) >= 11 is 0. The third kappa shape index (κ3) is 4.35. The fraction of sp³-hybridized carbons (Fsp3) is 0.286. The Hall–Kier alpha value is -2.83. The van der Waals surface area contributed by atoms with Gasteiger partial charge in [0, 0.05) is 18.3 Å². The molecule has 0 aliphatic rings. The predicted molar refractivity (Wildman–Crippen MR) is 107 cm³/mol. The van der Waals surface area contributed by atoms with E-state index in [4.69, 9.17) is 5.26 Å². The molecule has 1 atom stereocenters. The van der Waals surface area contributed by atoms with Crippen molar-refractivity contribution in [2.45, 2.75) is 44.4 Å². The summed E-state index contributed by atoms with van der Waals surface area (Å²) in [5, 5.41) is 9.71. The molecule has 30 heavy (non-hydrogen) atoms. The van der Waals surface area contributed by atoms with Gasteiger partial charge in [-0.3, -0.25) is 0 Å². The number of aryl methyl sites for hydroxylation is 3. The van der Waals surface area contributed by atoms with Crippen molar-refractivity contribution in [2.24, 2.45) is 0 Å². The standard InChI is InChI=1S/C21H20F3N3O2S/c1-13-8-14(2)20(15(3)9-13)30(28,29)26-19(21(22,23)24)12-27-7-6-17-5-4-16(11-25)10-18(17)27/h4-10,19,26H,12H2,1-3H3. The minimum Gasteiger partial charge on any atom is -0.345 e. The molecule has 1 aromatic heterocycles. The van der Waals surface area contributed by atoms with E-state index in [1.807, 2.05) is 10.8 Å². The maximum Gasteiger partial charge on any atom is 0.406 e. The molecule has 158 valence electrons. The molecule has 1 heterocycles. The van der Waals surface area contributed by atoms with Crippen LogP contribution in [0.5, 0.6) is 0 Å². The van der Waals surface area contributed by atoms with Gasteiger partial charge in [-0.05, 0) is 55.5 Å². The molecule has 0 fully saturated rings. The van der Waals surface area contributed by atoms with Crippen molar-refractivity contribution in [2.75, 3.05) is 0 Å². The molecule has 0 amide bonds. The van der Waals surface area contributed by atoms with E-state index in [2.05, 4.69) is 0 Å². The van der Waals surface area contributed by atoms with Crippen LogP contribution >= 0.6 is 0 Å². The van der Waals surface area contributed by atoms with Gasteiger partial charge in [0.1, 0.15) is 6.04 Å². The Balaban J connectivity index is 2.00. The van der Waals surface area contributed by atoms with Crippen LogP contribution in [0.25, 0.3) is 10.9 Å². The molecule has 1 N–H and O–H groups in total. The normalized spacial score (nSPS) is 13.4. The molecule has 0 aliphatic carbocycles. The lowest BCUT2D eigenvalue weighted by Crippen LogP contribution is -2.48. The summed E-state index contributed by atoms with van der Waals surface area (Å²) in [4.78, 5) is -0.147. The van der Waals surface area contributed by atoms with Crippen molar-refractivity contribution >= 4 is 20.9 Å². The minimum absolute atomic E-state index is 0.147. The number of halogens is 3. The van der Waals surface area contributed by atoms with E-state index in [-0.39, 0.29) is 4.90 Å². The number of rotatable bonds is 5. The van der Waals surface area contributed by atoms with Gasteiger partial charge in [0.15, 0.2) is 0 Å². The van der Waals surface area contributed by atoms with Gasteiger partial charge in [-0.1, -0.05) is 23.8 Å². The second-order valence-electron chi connectivity index (χ2n) is 7.30. The number of sulfonamides is 1. The molecular weight excluding hydrogens is 415 g/mol. The largest absolute Gasteiger partial charge is 0.406 e. The number of nitrogens with zero attached hydrogens (tertiary/aromatic N) is 2. The van der Waals surface area contributed by atoms with Gasteiger partial charge in [0.25, 0.3) is 0 Å². The maximum absolute atomic E-state index is 13.8. The second kappa shape index (κ2) is 7.78. The molecular formula is C21H20F3N3O2S. The molecule has 2 aromatic carbocycles. The lowest BCUT2D eigenvalue weighted by molar-refractivity contribution is -0.154. The first kappa shape index (κ1) is 21.9. The van der Waals surface area contributed by atoms with E-state index in [1.54, 1.807) is 51.1 Å². The van der Waals surface area contributed by atoms with Crippen LogP contribution in [0, 0.1) is 32.1 Å². The van der Waals surface area contributed by atoms with Crippen LogP contribution in [0.3, 0.4) is 0 Å². The molecule has 5 nitrogen and oxygen atoms in total. The van der Waals surface area contributed by atoms with Crippen molar-refractivity contribution in [3.63, 3.8) is 0 Å². The zero-order valence-electron chi connectivity index (χ0n) is 16.6. The van der Waals surface area contributed by atoms with Crippen LogP contribution in [0.4, 0.5) is 13.2 Å². The number of aromatic nitrogens is 1. The highest BCUT2D eigenvalue weighted by Gasteiger charge is 2.43. The molecule has 9 heteroatoms. The molecule has 1 unspecified atom stereocenters. The van der Waals surface area contributed by atoms with Crippen molar-refractivity contribution < 1.29 is 21.6 Å². The first-order chi connectivity index (χ1) is 13.9. The van der Waals surface area contributed by atoms with Crippen LogP contribution in [0.1, 0.15) is 22.3 Å². The average molecular weight is 435 g/mol. The van der Waals surface area contributed by atoms with Crippen molar-refractivity contribution in [3.05, 3.63) is 64.8 Å². The molecule has 3 rings (SSSR count). The summed E-state index contributed by atoms with van der Waals surface area (Å²) in [6, 6.07) is 9.14. The van der Waals surface area contributed by atoms with Crippen LogP contribution in [0.15, 0.2) is 47.5 Å². The van der Waals surface area contributed by atoms with Crippen LogP contribution in [-0.2, 0) is 16.6 Å². The van der Waals surface area contributed by atoms with E-state index >= 15 is 0 Å². The monoisotopic (exact) mass is 435 g/mol. The van der Waals surface area contributed by atoms with Gasteiger partial charge >= 0.3 is 6.18 Å². The van der Waals surface area contributed by atoms with Crippen molar-refractivity contribution in [1.82, 2.24) is 9.29 Å². The number of fused-ring (bicyclic) bond motifs is 1. The third-order valence-electron chi connectivity index (χ3n) is 4.85. The molecule has 0 saturated carbocycles. The zero-order chi connectivity index (χ0) is 22.3. The van der Waals surface area contributed by atoms with E-state index < -0.39 is 28.8 Å². The number of hydrogen-bond donors (Lipinski definition) is 1. The Kier molecular flexibility index (Phi) is 5.67. The molecule has 0 saturated heterocycles. The number of nitrogens with one attached hydrogen (secondary N) is 1. The summed E-state index contributed by atoms with van der Waals surface area (Å²) in [5.74, 6) is 0. The average Bonchev–Trinajstić information content (AvgIpc) is 3.01. The smallest absolute Gasteiger partial charge is 0.345 e. The molecule has 0 bridgehead atoms. The molecule has 0 spiro atoms. The van der Waals surface area contributed by atoms with Crippen molar-refractivity contribution in [1.29, 1.82) is 5.26 Å². The highest BCUT2D eigenvalue weighted by Crippen LogP contribution is 2.28.